The molecule has 0 radical (unpaired) electrons. The maximum atomic E-state index is 12.6. The summed E-state index contributed by atoms with van der Waals surface area (Å²) in [5.74, 6) is 0.176. The summed E-state index contributed by atoms with van der Waals surface area (Å²) in [5.41, 5.74) is 6.48. The fourth-order valence-electron chi connectivity index (χ4n) is 2.00. The zero-order valence-corrected chi connectivity index (χ0v) is 11.8. The topological polar surface area (TPSA) is 42.2 Å². The molecule has 1 aliphatic carbocycles. The second-order valence-corrected chi connectivity index (χ2v) is 6.20. The molecule has 3 nitrogen and oxygen atoms in total. The highest BCUT2D eigenvalue weighted by atomic mass is 32.1. The van der Waals surface area contributed by atoms with Crippen LogP contribution in [0.4, 0.5) is 18.3 Å². The van der Waals surface area contributed by atoms with Crippen LogP contribution in [0.25, 0.3) is 0 Å². The van der Waals surface area contributed by atoms with Crippen LogP contribution in [-0.4, -0.2) is 23.7 Å². The summed E-state index contributed by atoms with van der Waals surface area (Å²) in [7, 11) is 0. The number of thiazole rings is 1. The Morgan fingerprint density at radius 2 is 2.05 bits per heavy atom. The molecule has 2 rings (SSSR count). The zero-order chi connectivity index (χ0) is 14.2. The van der Waals surface area contributed by atoms with Crippen molar-refractivity contribution < 1.29 is 13.2 Å². The van der Waals surface area contributed by atoms with Crippen molar-refractivity contribution in [3.63, 3.8) is 0 Å². The van der Waals surface area contributed by atoms with Gasteiger partial charge < -0.3 is 10.6 Å². The van der Waals surface area contributed by atoms with Crippen molar-refractivity contribution >= 4 is 16.5 Å². The quantitative estimate of drug-likeness (QED) is 0.906. The van der Waals surface area contributed by atoms with Gasteiger partial charge in [0.25, 0.3) is 0 Å². The van der Waals surface area contributed by atoms with Crippen molar-refractivity contribution in [2.24, 2.45) is 5.73 Å². The molecule has 1 aromatic heterocycles. The normalized spacial score (nSPS) is 16.2. The lowest BCUT2D eigenvalue weighted by molar-refractivity contribution is -0.120. The first-order valence-electron chi connectivity index (χ1n) is 6.35. The van der Waals surface area contributed by atoms with Crippen LogP contribution in [0.15, 0.2) is 0 Å². The van der Waals surface area contributed by atoms with Crippen molar-refractivity contribution in [1.29, 1.82) is 0 Å². The summed E-state index contributed by atoms with van der Waals surface area (Å²) in [6, 6.07) is -0.0154. The Bertz CT molecular complexity index is 438. The highest BCUT2D eigenvalue weighted by Crippen LogP contribution is 2.38. The highest BCUT2D eigenvalue weighted by Gasteiger charge is 2.39. The fourth-order valence-corrected chi connectivity index (χ4v) is 3.17. The number of hydrogen-bond acceptors (Lipinski definition) is 4. The Labute approximate surface area is 114 Å². The van der Waals surface area contributed by atoms with E-state index >= 15 is 0 Å². The van der Waals surface area contributed by atoms with Gasteiger partial charge in [-0.25, -0.2) is 4.98 Å². The number of nitrogens with two attached hydrogens (primary N) is 1. The van der Waals surface area contributed by atoms with Crippen molar-refractivity contribution in [3.05, 3.63) is 10.6 Å². The third kappa shape index (κ3) is 3.60. The van der Waals surface area contributed by atoms with Gasteiger partial charge in [-0.3, -0.25) is 0 Å². The van der Waals surface area contributed by atoms with Crippen LogP contribution in [0.3, 0.4) is 0 Å². The van der Waals surface area contributed by atoms with Gasteiger partial charge in [0.2, 0.25) is 0 Å². The molecular weight excluding hydrogens is 275 g/mol. The molecule has 0 unspecified atom stereocenters. The van der Waals surface area contributed by atoms with E-state index in [1.54, 1.807) is 0 Å². The van der Waals surface area contributed by atoms with E-state index in [2.05, 4.69) is 4.98 Å². The van der Waals surface area contributed by atoms with E-state index in [1.165, 1.54) is 16.2 Å². The summed E-state index contributed by atoms with van der Waals surface area (Å²) >= 11 is 1.29. The smallest absolute Gasteiger partial charge is 0.336 e. The number of anilines is 1. The first-order chi connectivity index (χ1) is 8.81. The number of nitrogens with zero attached hydrogens (tertiary/aromatic N) is 2. The van der Waals surface area contributed by atoms with Gasteiger partial charge in [0.1, 0.15) is 6.54 Å². The fraction of sp³-hybridized carbons (Fsp3) is 0.750. The molecule has 0 atom stereocenters. The minimum atomic E-state index is -4.20. The van der Waals surface area contributed by atoms with Crippen LogP contribution in [0, 0.1) is 0 Å². The maximum Gasteiger partial charge on any atom is 0.406 e. The first kappa shape index (κ1) is 14.6. The molecule has 1 fully saturated rings. The molecule has 1 aliphatic rings. The lowest BCUT2D eigenvalue weighted by atomic mass is 10.1. The predicted octanol–water partition coefficient (Wildman–Crippen LogP) is 3.26. The molecule has 0 amide bonds. The molecule has 0 spiro atoms. The summed E-state index contributed by atoms with van der Waals surface area (Å²) in [6.07, 6.45) is -2.58. The first-order valence-corrected chi connectivity index (χ1v) is 7.16. The standard InChI is InChI=1S/C12H18F3N3S/c1-7(2)10-9(5-16)19-11(17-10)18(8-3-4-8)6-12(13,14)15/h7-8H,3-6,16H2,1-2H3. The average molecular weight is 293 g/mol. The van der Waals surface area contributed by atoms with Gasteiger partial charge >= 0.3 is 6.18 Å². The number of halogens is 3. The van der Waals surface area contributed by atoms with Crippen molar-refractivity contribution in [1.82, 2.24) is 4.98 Å². The van der Waals surface area contributed by atoms with E-state index in [9.17, 15) is 13.2 Å². The van der Waals surface area contributed by atoms with E-state index in [1.807, 2.05) is 13.8 Å². The van der Waals surface area contributed by atoms with Gasteiger partial charge in [0, 0.05) is 17.5 Å². The van der Waals surface area contributed by atoms with Gasteiger partial charge in [-0.1, -0.05) is 13.8 Å². The Morgan fingerprint density at radius 1 is 1.42 bits per heavy atom. The molecule has 0 aromatic carbocycles. The Balaban J connectivity index is 2.26. The summed E-state index contributed by atoms with van der Waals surface area (Å²) in [6.45, 7) is 3.36. The number of rotatable bonds is 5. The summed E-state index contributed by atoms with van der Waals surface area (Å²) < 4.78 is 37.9. The van der Waals surface area contributed by atoms with Gasteiger partial charge in [-0.2, -0.15) is 13.2 Å². The van der Waals surface area contributed by atoms with E-state index in [4.69, 9.17) is 5.73 Å². The minimum Gasteiger partial charge on any atom is -0.336 e. The minimum absolute atomic E-state index is 0.0154. The van der Waals surface area contributed by atoms with E-state index in [0.717, 1.165) is 23.4 Å². The van der Waals surface area contributed by atoms with E-state index in [-0.39, 0.29) is 12.0 Å². The molecule has 19 heavy (non-hydrogen) atoms. The number of hydrogen-bond donors (Lipinski definition) is 1. The van der Waals surface area contributed by atoms with Crippen molar-refractivity contribution in [2.75, 3.05) is 11.4 Å². The second-order valence-electron chi connectivity index (χ2n) is 5.14. The molecule has 0 aliphatic heterocycles. The Kier molecular flexibility index (Phi) is 4.06. The van der Waals surface area contributed by atoms with Crippen LogP contribution >= 0.6 is 11.3 Å². The third-order valence-corrected chi connectivity index (χ3v) is 4.16. The van der Waals surface area contributed by atoms with Crippen LogP contribution < -0.4 is 10.6 Å². The Morgan fingerprint density at radius 3 is 2.42 bits per heavy atom. The highest BCUT2D eigenvalue weighted by molar-refractivity contribution is 7.15. The molecular formula is C12H18F3N3S. The van der Waals surface area contributed by atoms with Gasteiger partial charge in [-0.05, 0) is 18.8 Å². The van der Waals surface area contributed by atoms with Gasteiger partial charge in [0.05, 0.1) is 5.69 Å². The van der Waals surface area contributed by atoms with Crippen molar-refractivity contribution in [3.8, 4) is 0 Å². The van der Waals surface area contributed by atoms with Crippen LogP contribution in [0.5, 0.6) is 0 Å². The van der Waals surface area contributed by atoms with Gasteiger partial charge in [0.15, 0.2) is 5.13 Å². The second kappa shape index (κ2) is 5.28. The number of aromatic nitrogens is 1. The molecule has 0 saturated heterocycles. The lowest BCUT2D eigenvalue weighted by Crippen LogP contribution is -2.35. The third-order valence-electron chi connectivity index (χ3n) is 3.03. The molecule has 2 N–H and O–H groups in total. The monoisotopic (exact) mass is 293 g/mol. The molecule has 108 valence electrons. The van der Waals surface area contributed by atoms with Gasteiger partial charge in [-0.15, -0.1) is 11.3 Å². The van der Waals surface area contributed by atoms with Crippen molar-refractivity contribution in [2.45, 2.75) is 51.4 Å². The Hall–Kier alpha value is -0.820. The maximum absolute atomic E-state index is 12.6. The molecule has 0 bridgehead atoms. The number of alkyl halides is 3. The summed E-state index contributed by atoms with van der Waals surface area (Å²) in [4.78, 5) is 6.66. The average Bonchev–Trinajstić information content (AvgIpc) is 3.03. The van der Waals surface area contributed by atoms with Crippen LogP contribution in [0.2, 0.25) is 0 Å². The van der Waals surface area contributed by atoms with E-state index in [0.29, 0.717) is 11.7 Å². The molecule has 1 saturated carbocycles. The predicted molar refractivity (Wildman–Crippen MR) is 70.5 cm³/mol. The summed E-state index contributed by atoms with van der Waals surface area (Å²) in [5, 5.41) is 0.462. The molecule has 1 heterocycles. The zero-order valence-electron chi connectivity index (χ0n) is 11.0. The van der Waals surface area contributed by atoms with Crippen LogP contribution in [-0.2, 0) is 6.54 Å². The van der Waals surface area contributed by atoms with E-state index < -0.39 is 12.7 Å². The molecule has 1 aromatic rings. The SMILES string of the molecule is CC(C)c1nc(N(CC(F)(F)F)C2CC2)sc1CN. The largest absolute Gasteiger partial charge is 0.406 e. The lowest BCUT2D eigenvalue weighted by Gasteiger charge is -2.22. The molecule has 7 heteroatoms. The van der Waals surface area contributed by atoms with Crippen LogP contribution in [0.1, 0.15) is 43.2 Å².